The van der Waals surface area contributed by atoms with Gasteiger partial charge < -0.3 is 15.5 Å². The van der Waals surface area contributed by atoms with E-state index in [4.69, 9.17) is 0 Å². The quantitative estimate of drug-likeness (QED) is 0.637. The highest BCUT2D eigenvalue weighted by Gasteiger charge is 2.30. The van der Waals surface area contributed by atoms with E-state index in [0.717, 1.165) is 49.7 Å². The molecule has 0 aliphatic carbocycles. The lowest BCUT2D eigenvalue weighted by Gasteiger charge is -2.30. The van der Waals surface area contributed by atoms with E-state index in [1.165, 1.54) is 5.69 Å². The number of rotatable bonds is 2. The number of hydrogen-bond acceptors (Lipinski definition) is 6. The zero-order valence-electron chi connectivity index (χ0n) is 19.7. The van der Waals surface area contributed by atoms with Crippen LogP contribution in [-0.4, -0.2) is 58.1 Å². The summed E-state index contributed by atoms with van der Waals surface area (Å²) in [5.74, 6) is 1.37. The third-order valence-electron chi connectivity index (χ3n) is 5.23. The molecular weight excluding hydrogens is 404 g/mol. The van der Waals surface area contributed by atoms with E-state index >= 15 is 0 Å². The Hall–Kier alpha value is -3.20. The normalized spacial score (nSPS) is 14.8. The van der Waals surface area contributed by atoms with Crippen molar-refractivity contribution in [1.29, 1.82) is 0 Å². The van der Waals surface area contributed by atoms with Gasteiger partial charge in [-0.15, -0.1) is 0 Å². The van der Waals surface area contributed by atoms with Gasteiger partial charge in [-0.05, 0) is 19.4 Å². The molecule has 32 heavy (non-hydrogen) atoms. The molecule has 9 heteroatoms. The fraction of sp³-hybridized carbons (Fsp3) is 0.478. The summed E-state index contributed by atoms with van der Waals surface area (Å²) in [5.41, 5.74) is 3.85. The molecule has 3 aromatic rings. The molecule has 172 valence electrons. The van der Waals surface area contributed by atoms with Gasteiger partial charge in [-0.25, -0.2) is 19.7 Å². The number of aromatic nitrogens is 4. The van der Waals surface area contributed by atoms with Crippen LogP contribution in [0.15, 0.2) is 30.9 Å². The van der Waals surface area contributed by atoms with Crippen LogP contribution in [-0.2, 0) is 6.42 Å². The van der Waals surface area contributed by atoms with Crippen molar-refractivity contribution in [3.8, 4) is 0 Å². The van der Waals surface area contributed by atoms with Crippen molar-refractivity contribution < 1.29 is 4.79 Å². The highest BCUT2D eigenvalue weighted by Crippen LogP contribution is 2.34. The number of nitrogens with one attached hydrogen (secondary N) is 2. The zero-order chi connectivity index (χ0) is 23.1. The van der Waals surface area contributed by atoms with E-state index in [0.29, 0.717) is 18.0 Å². The second kappa shape index (κ2) is 10.9. The van der Waals surface area contributed by atoms with Crippen molar-refractivity contribution in [2.45, 2.75) is 41.0 Å². The van der Waals surface area contributed by atoms with Crippen LogP contribution >= 0.6 is 0 Å². The lowest BCUT2D eigenvalue weighted by molar-refractivity contribution is 0.257. The standard InChI is InChI=1S/C19H22N8O.2C2H6/c1-13-11-26-12-14(10-22-18(26)23-13)24-19(28)27-7-3-15-16(2-4-21-17(15)27)25-8-5-20-6-9-25;2*1-2/h2,4,10-12,20H,3,5-9H2,1H3,(H,24,28);2*1-2H3. The summed E-state index contributed by atoms with van der Waals surface area (Å²) in [5, 5.41) is 6.31. The molecule has 2 aliphatic heterocycles. The summed E-state index contributed by atoms with van der Waals surface area (Å²) < 4.78 is 1.81. The summed E-state index contributed by atoms with van der Waals surface area (Å²) in [6, 6.07) is 1.87. The molecule has 1 fully saturated rings. The zero-order valence-corrected chi connectivity index (χ0v) is 19.7. The van der Waals surface area contributed by atoms with E-state index in [1.54, 1.807) is 17.3 Å². The maximum atomic E-state index is 12.9. The van der Waals surface area contributed by atoms with Gasteiger partial charge in [0, 0.05) is 62.6 Å². The van der Waals surface area contributed by atoms with Crippen LogP contribution in [0.3, 0.4) is 0 Å². The molecule has 0 aromatic carbocycles. The Balaban J connectivity index is 0.000000686. The molecule has 5 heterocycles. The van der Waals surface area contributed by atoms with E-state index in [2.05, 4.69) is 36.6 Å². The summed E-state index contributed by atoms with van der Waals surface area (Å²) in [6.07, 6.45) is 7.94. The monoisotopic (exact) mass is 438 g/mol. The van der Waals surface area contributed by atoms with Crippen LogP contribution in [0.2, 0.25) is 0 Å². The summed E-state index contributed by atoms with van der Waals surface area (Å²) >= 11 is 0. The van der Waals surface area contributed by atoms with Crippen molar-refractivity contribution in [3.63, 3.8) is 0 Å². The Bertz CT molecular complexity index is 1040. The fourth-order valence-electron chi connectivity index (χ4n) is 3.93. The highest BCUT2D eigenvalue weighted by atomic mass is 16.2. The topological polar surface area (TPSA) is 90.7 Å². The number of aryl methyl sites for hydroxylation is 1. The molecule has 0 unspecified atom stereocenters. The molecule has 0 atom stereocenters. The number of fused-ring (bicyclic) bond motifs is 2. The second-order valence-corrected chi connectivity index (χ2v) is 7.13. The Morgan fingerprint density at radius 3 is 2.56 bits per heavy atom. The molecule has 0 spiro atoms. The van der Waals surface area contributed by atoms with Crippen LogP contribution in [0.1, 0.15) is 39.0 Å². The number of hydrogen-bond donors (Lipinski definition) is 2. The number of urea groups is 1. The second-order valence-electron chi connectivity index (χ2n) is 7.13. The number of imidazole rings is 1. The van der Waals surface area contributed by atoms with Gasteiger partial charge in [0.1, 0.15) is 5.82 Å². The van der Waals surface area contributed by atoms with E-state index < -0.39 is 0 Å². The van der Waals surface area contributed by atoms with Crippen molar-refractivity contribution >= 4 is 29.0 Å². The fourth-order valence-corrected chi connectivity index (χ4v) is 3.93. The number of carbonyl (C=O) groups excluding carboxylic acids is 1. The van der Waals surface area contributed by atoms with Crippen LogP contribution in [0.5, 0.6) is 0 Å². The Morgan fingerprint density at radius 2 is 1.81 bits per heavy atom. The number of nitrogens with zero attached hydrogens (tertiary/aromatic N) is 6. The highest BCUT2D eigenvalue weighted by molar-refractivity contribution is 6.02. The van der Waals surface area contributed by atoms with Gasteiger partial charge in [0.05, 0.1) is 17.6 Å². The smallest absolute Gasteiger partial charge is 0.327 e. The van der Waals surface area contributed by atoms with Crippen LogP contribution < -0.4 is 20.4 Å². The summed E-state index contributed by atoms with van der Waals surface area (Å²) in [7, 11) is 0. The summed E-state index contributed by atoms with van der Waals surface area (Å²) in [4.78, 5) is 30.1. The van der Waals surface area contributed by atoms with E-state index in [1.807, 2.05) is 51.4 Å². The first-order valence-electron chi connectivity index (χ1n) is 11.5. The molecule has 0 radical (unpaired) electrons. The van der Waals surface area contributed by atoms with Crippen molar-refractivity contribution in [3.05, 3.63) is 42.1 Å². The molecule has 2 N–H and O–H groups in total. The third-order valence-corrected chi connectivity index (χ3v) is 5.23. The molecule has 5 rings (SSSR count). The maximum absolute atomic E-state index is 12.9. The summed E-state index contributed by atoms with van der Waals surface area (Å²) in [6.45, 7) is 14.4. The van der Waals surface area contributed by atoms with Gasteiger partial charge in [-0.1, -0.05) is 27.7 Å². The van der Waals surface area contributed by atoms with Gasteiger partial charge in [0.15, 0.2) is 0 Å². The molecule has 2 amide bonds. The first-order chi connectivity index (χ1) is 15.7. The minimum atomic E-state index is -0.193. The first-order valence-corrected chi connectivity index (χ1v) is 11.5. The average Bonchev–Trinajstić information content (AvgIpc) is 3.44. The molecule has 1 saturated heterocycles. The molecule has 0 bridgehead atoms. The van der Waals surface area contributed by atoms with Gasteiger partial charge in [0.25, 0.3) is 0 Å². The molecule has 0 saturated carbocycles. The minimum Gasteiger partial charge on any atom is -0.369 e. The first kappa shape index (κ1) is 23.5. The molecule has 3 aromatic heterocycles. The largest absolute Gasteiger partial charge is 0.369 e. The third kappa shape index (κ3) is 4.83. The number of anilines is 3. The SMILES string of the molecule is CC.CC.Cc1cn2cc(NC(=O)N3CCc4c(N5CCNCC5)ccnc43)cnc2n1. The minimum absolute atomic E-state index is 0.193. The molecule has 2 aliphatic rings. The predicted octanol–water partition coefficient (Wildman–Crippen LogP) is 3.49. The van der Waals surface area contributed by atoms with Gasteiger partial charge >= 0.3 is 6.03 Å². The lowest BCUT2D eigenvalue weighted by Crippen LogP contribution is -2.43. The van der Waals surface area contributed by atoms with Crippen molar-refractivity contribution in [2.75, 3.05) is 47.8 Å². The molecule has 9 nitrogen and oxygen atoms in total. The van der Waals surface area contributed by atoms with Crippen molar-refractivity contribution in [1.82, 2.24) is 24.7 Å². The Kier molecular flexibility index (Phi) is 7.99. The Labute approximate surface area is 189 Å². The lowest BCUT2D eigenvalue weighted by atomic mass is 10.1. The maximum Gasteiger partial charge on any atom is 0.327 e. The van der Waals surface area contributed by atoms with E-state index in [-0.39, 0.29) is 6.03 Å². The number of amides is 2. The van der Waals surface area contributed by atoms with Gasteiger partial charge in [-0.2, -0.15) is 0 Å². The van der Waals surface area contributed by atoms with Crippen molar-refractivity contribution in [2.24, 2.45) is 0 Å². The van der Waals surface area contributed by atoms with E-state index in [9.17, 15) is 4.79 Å². The average molecular weight is 439 g/mol. The predicted molar refractivity (Wildman–Crippen MR) is 130 cm³/mol. The number of carbonyl (C=O) groups is 1. The van der Waals surface area contributed by atoms with Gasteiger partial charge in [0.2, 0.25) is 5.78 Å². The Morgan fingerprint density at radius 1 is 1.06 bits per heavy atom. The number of pyridine rings is 1. The molecular formula is C23H34N8O. The van der Waals surface area contributed by atoms with Crippen LogP contribution in [0, 0.1) is 6.92 Å². The number of piperazine rings is 1. The van der Waals surface area contributed by atoms with Crippen LogP contribution in [0.25, 0.3) is 5.78 Å². The van der Waals surface area contributed by atoms with Gasteiger partial charge in [-0.3, -0.25) is 9.30 Å². The van der Waals surface area contributed by atoms with Crippen LogP contribution in [0.4, 0.5) is 22.0 Å².